The van der Waals surface area contributed by atoms with E-state index in [9.17, 15) is 9.90 Å². The monoisotopic (exact) mass is 328 g/mol. The van der Waals surface area contributed by atoms with Crippen LogP contribution in [0, 0.1) is 12.8 Å². The molecule has 0 aromatic heterocycles. The van der Waals surface area contributed by atoms with Crippen molar-refractivity contribution in [3.05, 3.63) is 29.8 Å². The number of piperidine rings is 1. The van der Waals surface area contributed by atoms with Crippen LogP contribution in [-0.4, -0.2) is 43.4 Å². The van der Waals surface area contributed by atoms with Crippen LogP contribution in [0.5, 0.6) is 5.75 Å². The molecule has 2 unspecified atom stereocenters. The Bertz CT molecular complexity index is 464. The average molecular weight is 329 g/mol. The maximum atomic E-state index is 11.9. The molecule has 1 aromatic rings. The van der Waals surface area contributed by atoms with Crippen molar-refractivity contribution in [2.24, 2.45) is 5.92 Å². The zero-order valence-corrected chi connectivity index (χ0v) is 13.7. The summed E-state index contributed by atoms with van der Waals surface area (Å²) in [4.78, 5) is 11.9. The average Bonchev–Trinajstić information content (AvgIpc) is 2.51. The normalized spacial score (nSPS) is 18.9. The standard InChI is InChI=1S/C16H24N2O3.ClH/c1-12-4-2-6-15(8-12)21-11-14(19)10-18-16(20)13-5-3-7-17-9-13;/h2,4,6,8,13-14,17,19H,3,5,7,9-11H2,1H3,(H,18,20);1H. The number of nitrogens with one attached hydrogen (secondary N) is 2. The summed E-state index contributed by atoms with van der Waals surface area (Å²) in [6.45, 7) is 4.09. The van der Waals surface area contributed by atoms with Gasteiger partial charge in [0.2, 0.25) is 5.91 Å². The van der Waals surface area contributed by atoms with Crippen LogP contribution in [0.25, 0.3) is 0 Å². The molecule has 0 bridgehead atoms. The number of aliphatic hydroxyl groups excluding tert-OH is 1. The lowest BCUT2D eigenvalue weighted by Gasteiger charge is -2.22. The minimum atomic E-state index is -0.703. The Balaban J connectivity index is 0.00000242. The molecule has 5 nitrogen and oxygen atoms in total. The maximum absolute atomic E-state index is 11.9. The fourth-order valence-electron chi connectivity index (χ4n) is 2.39. The van der Waals surface area contributed by atoms with E-state index in [2.05, 4.69) is 10.6 Å². The van der Waals surface area contributed by atoms with E-state index in [-0.39, 0.29) is 37.4 Å². The lowest BCUT2D eigenvalue weighted by atomic mass is 9.99. The van der Waals surface area contributed by atoms with Gasteiger partial charge < -0.3 is 20.5 Å². The third kappa shape index (κ3) is 6.22. The van der Waals surface area contributed by atoms with Crippen LogP contribution in [0.3, 0.4) is 0 Å². The van der Waals surface area contributed by atoms with Crippen LogP contribution in [0.15, 0.2) is 24.3 Å². The molecule has 1 heterocycles. The lowest BCUT2D eigenvalue weighted by molar-refractivity contribution is -0.126. The zero-order chi connectivity index (χ0) is 15.1. The van der Waals surface area contributed by atoms with E-state index in [0.717, 1.165) is 37.2 Å². The molecular formula is C16H25ClN2O3. The second-order valence-corrected chi connectivity index (χ2v) is 5.57. The predicted molar refractivity (Wildman–Crippen MR) is 88.5 cm³/mol. The number of hydrogen-bond donors (Lipinski definition) is 3. The van der Waals surface area contributed by atoms with Gasteiger partial charge in [-0.15, -0.1) is 12.4 Å². The van der Waals surface area contributed by atoms with Crippen LogP contribution < -0.4 is 15.4 Å². The van der Waals surface area contributed by atoms with Crippen molar-refractivity contribution in [2.75, 3.05) is 26.2 Å². The van der Waals surface area contributed by atoms with Crippen molar-refractivity contribution in [1.29, 1.82) is 0 Å². The van der Waals surface area contributed by atoms with Gasteiger partial charge in [0.05, 0.1) is 5.92 Å². The predicted octanol–water partition coefficient (Wildman–Crippen LogP) is 1.27. The first kappa shape index (κ1) is 18.7. The Morgan fingerprint density at radius 1 is 1.55 bits per heavy atom. The Morgan fingerprint density at radius 2 is 2.36 bits per heavy atom. The fourth-order valence-corrected chi connectivity index (χ4v) is 2.39. The molecule has 0 saturated carbocycles. The first-order valence-corrected chi connectivity index (χ1v) is 7.51. The van der Waals surface area contributed by atoms with Gasteiger partial charge in [0.15, 0.2) is 0 Å². The highest BCUT2D eigenvalue weighted by molar-refractivity contribution is 5.85. The summed E-state index contributed by atoms with van der Waals surface area (Å²) in [5, 5.41) is 15.9. The Morgan fingerprint density at radius 3 is 3.05 bits per heavy atom. The highest BCUT2D eigenvalue weighted by Crippen LogP contribution is 2.12. The quantitative estimate of drug-likeness (QED) is 0.735. The summed E-state index contributed by atoms with van der Waals surface area (Å²) in [5.41, 5.74) is 1.11. The third-order valence-electron chi connectivity index (χ3n) is 3.61. The van der Waals surface area contributed by atoms with Crippen molar-refractivity contribution < 1.29 is 14.6 Å². The van der Waals surface area contributed by atoms with Gasteiger partial charge in [-0.3, -0.25) is 4.79 Å². The molecule has 1 amide bonds. The lowest BCUT2D eigenvalue weighted by Crippen LogP contribution is -2.43. The van der Waals surface area contributed by atoms with Crippen LogP contribution in [-0.2, 0) is 4.79 Å². The molecular weight excluding hydrogens is 304 g/mol. The molecule has 0 radical (unpaired) electrons. The maximum Gasteiger partial charge on any atom is 0.224 e. The molecule has 3 N–H and O–H groups in total. The Kier molecular flexibility index (Phi) is 8.24. The number of hydrogen-bond acceptors (Lipinski definition) is 4. The van der Waals surface area contributed by atoms with Gasteiger partial charge in [0, 0.05) is 13.1 Å². The molecule has 0 spiro atoms. The van der Waals surface area contributed by atoms with Crippen molar-refractivity contribution in [3.63, 3.8) is 0 Å². The van der Waals surface area contributed by atoms with Crippen molar-refractivity contribution in [2.45, 2.75) is 25.9 Å². The van der Waals surface area contributed by atoms with E-state index in [1.165, 1.54) is 0 Å². The van der Waals surface area contributed by atoms with Gasteiger partial charge in [-0.05, 0) is 44.0 Å². The highest BCUT2D eigenvalue weighted by Gasteiger charge is 2.21. The van der Waals surface area contributed by atoms with Crippen molar-refractivity contribution in [1.82, 2.24) is 10.6 Å². The number of halogens is 1. The van der Waals surface area contributed by atoms with E-state index in [0.29, 0.717) is 0 Å². The Labute approximate surface area is 137 Å². The number of ether oxygens (including phenoxy) is 1. The van der Waals surface area contributed by atoms with Gasteiger partial charge in [-0.1, -0.05) is 12.1 Å². The topological polar surface area (TPSA) is 70.6 Å². The number of rotatable bonds is 6. The van der Waals surface area contributed by atoms with E-state index < -0.39 is 6.10 Å². The van der Waals surface area contributed by atoms with Gasteiger partial charge in [-0.25, -0.2) is 0 Å². The van der Waals surface area contributed by atoms with Gasteiger partial charge in [-0.2, -0.15) is 0 Å². The number of amides is 1. The molecule has 124 valence electrons. The van der Waals surface area contributed by atoms with E-state index >= 15 is 0 Å². The van der Waals surface area contributed by atoms with E-state index in [4.69, 9.17) is 4.74 Å². The number of aryl methyl sites for hydroxylation is 1. The molecule has 22 heavy (non-hydrogen) atoms. The zero-order valence-electron chi connectivity index (χ0n) is 12.9. The van der Waals surface area contributed by atoms with Crippen LogP contribution >= 0.6 is 12.4 Å². The molecule has 2 atom stereocenters. The summed E-state index contributed by atoms with van der Waals surface area (Å²) >= 11 is 0. The number of carbonyl (C=O) groups is 1. The molecule has 2 rings (SSSR count). The SMILES string of the molecule is Cc1cccc(OCC(O)CNC(=O)C2CCCNC2)c1.Cl. The summed E-state index contributed by atoms with van der Waals surface area (Å²) in [6.07, 6.45) is 1.23. The second-order valence-electron chi connectivity index (χ2n) is 5.57. The molecule has 0 aliphatic carbocycles. The van der Waals surface area contributed by atoms with Gasteiger partial charge in [0.25, 0.3) is 0 Å². The second kappa shape index (κ2) is 9.66. The van der Waals surface area contributed by atoms with Gasteiger partial charge >= 0.3 is 0 Å². The van der Waals surface area contributed by atoms with E-state index in [1.807, 2.05) is 31.2 Å². The molecule has 1 saturated heterocycles. The minimum Gasteiger partial charge on any atom is -0.491 e. The first-order valence-electron chi connectivity index (χ1n) is 7.51. The molecule has 1 fully saturated rings. The largest absolute Gasteiger partial charge is 0.491 e. The Hall–Kier alpha value is -1.30. The molecule has 1 aliphatic heterocycles. The highest BCUT2D eigenvalue weighted by atomic mass is 35.5. The first-order chi connectivity index (χ1) is 10.1. The summed E-state index contributed by atoms with van der Waals surface area (Å²) in [5.74, 6) is 0.761. The summed E-state index contributed by atoms with van der Waals surface area (Å²) in [6, 6.07) is 7.67. The smallest absolute Gasteiger partial charge is 0.224 e. The number of aliphatic hydroxyl groups is 1. The molecule has 6 heteroatoms. The van der Waals surface area contributed by atoms with E-state index in [1.54, 1.807) is 0 Å². The molecule has 1 aromatic carbocycles. The minimum absolute atomic E-state index is 0. The van der Waals surface area contributed by atoms with Crippen LogP contribution in [0.1, 0.15) is 18.4 Å². The summed E-state index contributed by atoms with van der Waals surface area (Å²) < 4.78 is 5.51. The summed E-state index contributed by atoms with van der Waals surface area (Å²) in [7, 11) is 0. The fraction of sp³-hybridized carbons (Fsp3) is 0.562. The van der Waals surface area contributed by atoms with Crippen LogP contribution in [0.4, 0.5) is 0 Å². The van der Waals surface area contributed by atoms with Crippen molar-refractivity contribution >= 4 is 18.3 Å². The van der Waals surface area contributed by atoms with Crippen LogP contribution in [0.2, 0.25) is 0 Å². The van der Waals surface area contributed by atoms with Crippen molar-refractivity contribution in [3.8, 4) is 5.75 Å². The third-order valence-corrected chi connectivity index (χ3v) is 3.61. The number of carbonyl (C=O) groups excluding carboxylic acids is 1. The molecule has 1 aliphatic rings. The van der Waals surface area contributed by atoms with Gasteiger partial charge in [0.1, 0.15) is 18.5 Å². The number of benzene rings is 1.